The molecule has 1 aromatic carbocycles. The van der Waals surface area contributed by atoms with Gasteiger partial charge in [0.15, 0.2) is 5.16 Å². The van der Waals surface area contributed by atoms with Crippen LogP contribution in [0.4, 0.5) is 0 Å². The Labute approximate surface area is 183 Å². The summed E-state index contributed by atoms with van der Waals surface area (Å²) in [6, 6.07) is 7.59. The van der Waals surface area contributed by atoms with Crippen molar-refractivity contribution in [2.24, 2.45) is 0 Å². The summed E-state index contributed by atoms with van der Waals surface area (Å²) in [5, 5.41) is 1.41. The average molecular weight is 444 g/mol. The highest BCUT2D eigenvalue weighted by atomic mass is 32.2. The van der Waals surface area contributed by atoms with Gasteiger partial charge in [0.25, 0.3) is 5.56 Å². The zero-order chi connectivity index (χ0) is 21.3. The number of nitrogens with zero attached hydrogens (tertiary/aromatic N) is 3. The molecule has 4 rings (SSSR count). The van der Waals surface area contributed by atoms with Gasteiger partial charge in [-0.2, -0.15) is 0 Å². The molecule has 0 radical (unpaired) electrons. The van der Waals surface area contributed by atoms with Crippen LogP contribution in [-0.2, 0) is 17.8 Å². The largest absolute Gasteiger partial charge is 0.494 e. The summed E-state index contributed by atoms with van der Waals surface area (Å²) in [7, 11) is 0. The molecule has 2 aromatic heterocycles. The number of rotatable bonds is 6. The molecule has 0 fully saturated rings. The number of carbonyl (C=O) groups excluding carboxylic acids is 1. The highest BCUT2D eigenvalue weighted by Gasteiger charge is 2.26. The van der Waals surface area contributed by atoms with E-state index in [1.54, 1.807) is 34.6 Å². The minimum absolute atomic E-state index is 0.0310. The van der Waals surface area contributed by atoms with Gasteiger partial charge in [-0.3, -0.25) is 14.2 Å². The number of aromatic nitrogens is 2. The van der Waals surface area contributed by atoms with Crippen molar-refractivity contribution in [3.63, 3.8) is 0 Å². The molecule has 0 unspecified atom stereocenters. The zero-order valence-electron chi connectivity index (χ0n) is 17.4. The number of benzene rings is 1. The van der Waals surface area contributed by atoms with Crippen LogP contribution in [0, 0.1) is 0 Å². The van der Waals surface area contributed by atoms with E-state index in [0.717, 1.165) is 38.9 Å². The maximum atomic E-state index is 13.7. The van der Waals surface area contributed by atoms with Crippen molar-refractivity contribution >= 4 is 39.2 Å². The molecular weight excluding hydrogens is 418 g/mol. The average Bonchev–Trinajstić information content (AvgIpc) is 3.11. The van der Waals surface area contributed by atoms with E-state index in [9.17, 15) is 9.59 Å². The molecule has 8 heteroatoms. The van der Waals surface area contributed by atoms with E-state index in [1.165, 1.54) is 0 Å². The van der Waals surface area contributed by atoms with Crippen molar-refractivity contribution in [3.05, 3.63) is 45.1 Å². The summed E-state index contributed by atoms with van der Waals surface area (Å²) in [6.07, 6.45) is 1.69. The van der Waals surface area contributed by atoms with Gasteiger partial charge in [-0.05, 0) is 49.6 Å². The minimum Gasteiger partial charge on any atom is -0.494 e. The fraction of sp³-hybridized carbons (Fsp3) is 0.409. The quantitative estimate of drug-likeness (QED) is 0.421. The summed E-state index contributed by atoms with van der Waals surface area (Å²) in [5.74, 6) is 1.73. The van der Waals surface area contributed by atoms with Crippen LogP contribution in [0.15, 0.2) is 34.2 Å². The van der Waals surface area contributed by atoms with Crippen molar-refractivity contribution in [1.29, 1.82) is 0 Å². The fourth-order valence-corrected chi connectivity index (χ4v) is 5.81. The minimum atomic E-state index is -0.0310. The molecule has 1 aliphatic rings. The van der Waals surface area contributed by atoms with Crippen molar-refractivity contribution in [2.45, 2.75) is 45.3 Å². The number of thiophene rings is 1. The van der Waals surface area contributed by atoms with E-state index in [2.05, 4.69) is 6.92 Å². The Balaban J connectivity index is 1.86. The highest BCUT2D eigenvalue weighted by molar-refractivity contribution is 7.99. The first kappa shape index (κ1) is 20.9. The van der Waals surface area contributed by atoms with Crippen molar-refractivity contribution < 1.29 is 9.53 Å². The van der Waals surface area contributed by atoms with Crippen LogP contribution in [0.3, 0.4) is 0 Å². The van der Waals surface area contributed by atoms with E-state index in [-0.39, 0.29) is 11.5 Å². The molecule has 1 aliphatic heterocycles. The Morgan fingerprint density at radius 1 is 1.27 bits per heavy atom. The predicted molar refractivity (Wildman–Crippen MR) is 122 cm³/mol. The Bertz CT molecular complexity index is 1140. The number of thioether (sulfide) groups is 1. The lowest BCUT2D eigenvalue weighted by Gasteiger charge is -2.25. The van der Waals surface area contributed by atoms with Crippen LogP contribution < -0.4 is 10.3 Å². The van der Waals surface area contributed by atoms with Gasteiger partial charge >= 0.3 is 0 Å². The summed E-state index contributed by atoms with van der Waals surface area (Å²) in [5.41, 5.74) is 1.81. The summed E-state index contributed by atoms with van der Waals surface area (Å²) in [4.78, 5) is 34.1. The number of hydrogen-bond acceptors (Lipinski definition) is 6. The number of hydrogen-bond donors (Lipinski definition) is 0. The third kappa shape index (κ3) is 3.86. The number of ether oxygens (including phenoxy) is 1. The second-order valence-corrected chi connectivity index (χ2v) is 9.33. The number of carbonyl (C=O) groups is 1. The maximum absolute atomic E-state index is 13.7. The summed E-state index contributed by atoms with van der Waals surface area (Å²) >= 11 is 3.14. The molecule has 0 N–H and O–H groups in total. The highest BCUT2D eigenvalue weighted by Crippen LogP contribution is 2.34. The van der Waals surface area contributed by atoms with Gasteiger partial charge < -0.3 is 9.64 Å². The zero-order valence-corrected chi connectivity index (χ0v) is 19.1. The summed E-state index contributed by atoms with van der Waals surface area (Å²) in [6.45, 7) is 7.46. The second-order valence-electron chi connectivity index (χ2n) is 7.18. The smallest absolute Gasteiger partial charge is 0.267 e. The standard InChI is InChI=1S/C22H25N3O3S2/c1-4-12-29-22-23-20-19(17-10-11-24(14(3)26)13-18(17)30-20)21(27)25(22)15-6-8-16(9-7-15)28-5-2/h6-9H,4-5,10-13H2,1-3H3. The van der Waals surface area contributed by atoms with Gasteiger partial charge in [-0.15, -0.1) is 11.3 Å². The first-order valence-electron chi connectivity index (χ1n) is 10.2. The van der Waals surface area contributed by atoms with Gasteiger partial charge in [0.2, 0.25) is 5.91 Å². The van der Waals surface area contributed by atoms with E-state index in [4.69, 9.17) is 9.72 Å². The maximum Gasteiger partial charge on any atom is 0.267 e. The molecule has 0 saturated heterocycles. The molecule has 0 spiro atoms. The Morgan fingerprint density at radius 3 is 2.70 bits per heavy atom. The molecule has 3 heterocycles. The number of amides is 1. The predicted octanol–water partition coefficient (Wildman–Crippen LogP) is 4.25. The topological polar surface area (TPSA) is 64.4 Å². The molecule has 158 valence electrons. The van der Waals surface area contributed by atoms with Crippen molar-refractivity contribution in [1.82, 2.24) is 14.5 Å². The molecule has 0 aliphatic carbocycles. The molecule has 30 heavy (non-hydrogen) atoms. The van der Waals surface area contributed by atoms with Gasteiger partial charge in [-0.1, -0.05) is 18.7 Å². The van der Waals surface area contributed by atoms with Crippen LogP contribution in [0.2, 0.25) is 0 Å². The monoisotopic (exact) mass is 443 g/mol. The van der Waals surface area contributed by atoms with Gasteiger partial charge in [0.05, 0.1) is 24.2 Å². The first-order valence-corrected chi connectivity index (χ1v) is 12.0. The van der Waals surface area contributed by atoms with Gasteiger partial charge in [-0.25, -0.2) is 4.98 Å². The van der Waals surface area contributed by atoms with Gasteiger partial charge in [0, 0.05) is 24.1 Å². The van der Waals surface area contributed by atoms with Crippen molar-refractivity contribution in [2.75, 3.05) is 18.9 Å². The lowest BCUT2D eigenvalue weighted by Crippen LogP contribution is -2.34. The molecule has 0 atom stereocenters. The Hall–Kier alpha value is -2.32. The van der Waals surface area contributed by atoms with Crippen LogP contribution in [-0.4, -0.2) is 39.3 Å². The summed E-state index contributed by atoms with van der Waals surface area (Å²) < 4.78 is 7.27. The van der Waals surface area contributed by atoms with Crippen LogP contribution in [0.5, 0.6) is 5.75 Å². The third-order valence-corrected chi connectivity index (χ3v) is 7.39. The molecule has 1 amide bonds. The van der Waals surface area contributed by atoms with Gasteiger partial charge in [0.1, 0.15) is 10.6 Å². The van der Waals surface area contributed by atoms with E-state index >= 15 is 0 Å². The normalized spacial score (nSPS) is 13.5. The molecule has 3 aromatic rings. The van der Waals surface area contributed by atoms with Crippen LogP contribution in [0.1, 0.15) is 37.6 Å². The SMILES string of the molecule is CCCSc1nc2sc3c(c2c(=O)n1-c1ccc(OCC)cc1)CCN(C(C)=O)C3. The van der Waals surface area contributed by atoms with Crippen LogP contribution in [0.25, 0.3) is 15.9 Å². The van der Waals surface area contributed by atoms with Crippen LogP contribution >= 0.6 is 23.1 Å². The van der Waals surface area contributed by atoms with Crippen molar-refractivity contribution in [3.8, 4) is 11.4 Å². The molecular formula is C22H25N3O3S2. The fourth-order valence-electron chi connectivity index (χ4n) is 3.67. The molecule has 0 saturated carbocycles. The molecule has 6 nitrogen and oxygen atoms in total. The Kier molecular flexibility index (Phi) is 6.15. The third-order valence-electron chi connectivity index (χ3n) is 5.13. The Morgan fingerprint density at radius 2 is 2.03 bits per heavy atom. The van der Waals surface area contributed by atoms with E-state index in [1.807, 2.05) is 36.1 Å². The lowest BCUT2D eigenvalue weighted by atomic mass is 10.1. The second kappa shape index (κ2) is 8.81. The number of fused-ring (bicyclic) bond motifs is 3. The lowest BCUT2D eigenvalue weighted by molar-refractivity contribution is -0.129. The molecule has 0 bridgehead atoms. The van der Waals surface area contributed by atoms with E-state index < -0.39 is 0 Å². The first-order chi connectivity index (χ1) is 14.5. The van der Waals surface area contributed by atoms with E-state index in [0.29, 0.717) is 36.7 Å².